The van der Waals surface area contributed by atoms with Crippen LogP contribution in [0.25, 0.3) is 0 Å². The Kier molecular flexibility index (Phi) is 3.70. The van der Waals surface area contributed by atoms with Gasteiger partial charge in [-0.3, -0.25) is 5.32 Å². The van der Waals surface area contributed by atoms with Crippen LogP contribution in [-0.2, 0) is 6.54 Å². The largest absolute Gasteiger partial charge is 0.343 e. The van der Waals surface area contributed by atoms with Gasteiger partial charge in [-0.25, -0.2) is 0 Å². The summed E-state index contributed by atoms with van der Waals surface area (Å²) < 4.78 is 4.60. The summed E-state index contributed by atoms with van der Waals surface area (Å²) in [6.45, 7) is 1.17. The molecule has 0 amide bonds. The Morgan fingerprint density at radius 1 is 1.25 bits per heavy atom. The van der Waals surface area contributed by atoms with Crippen molar-refractivity contribution in [2.24, 2.45) is 0 Å². The summed E-state index contributed by atoms with van der Waals surface area (Å²) in [6, 6.07) is 9.87. The molecule has 2 rings (SSSR count). The Bertz CT molecular complexity index is 468. The van der Waals surface area contributed by atoms with Crippen LogP contribution in [0.5, 0.6) is 0 Å². The summed E-state index contributed by atoms with van der Waals surface area (Å²) >= 11 is 0. The molecule has 80 valence electrons. The Hall–Kier alpha value is -2.12. The first-order valence-corrected chi connectivity index (χ1v) is 4.95. The van der Waals surface area contributed by atoms with Crippen LogP contribution in [0.3, 0.4) is 0 Å². The van der Waals surface area contributed by atoms with Gasteiger partial charge in [0.1, 0.15) is 0 Å². The first-order chi connectivity index (χ1) is 7.95. The lowest BCUT2D eigenvalue weighted by Crippen LogP contribution is -2.14. The zero-order valence-corrected chi connectivity index (χ0v) is 8.68. The van der Waals surface area contributed by atoms with E-state index in [1.165, 1.54) is 6.39 Å². The van der Waals surface area contributed by atoms with Crippen molar-refractivity contribution in [3.8, 4) is 11.8 Å². The van der Waals surface area contributed by atoms with Crippen molar-refractivity contribution in [3.05, 3.63) is 48.1 Å². The van der Waals surface area contributed by atoms with Gasteiger partial charge in [0.25, 0.3) is 0 Å². The summed E-state index contributed by atoms with van der Waals surface area (Å²) in [5.74, 6) is 6.71. The first-order valence-electron chi connectivity index (χ1n) is 4.95. The molecule has 0 fully saturated rings. The molecule has 1 N–H and O–H groups in total. The highest BCUT2D eigenvalue weighted by molar-refractivity contribution is 5.33. The Balaban J connectivity index is 1.74. The summed E-state index contributed by atoms with van der Waals surface area (Å²) in [6.07, 6.45) is 1.31. The van der Waals surface area contributed by atoms with Gasteiger partial charge < -0.3 is 4.52 Å². The van der Waals surface area contributed by atoms with E-state index in [9.17, 15) is 0 Å². The van der Waals surface area contributed by atoms with Crippen molar-refractivity contribution in [2.75, 3.05) is 6.54 Å². The lowest BCUT2D eigenvalue weighted by atomic mass is 10.2. The van der Waals surface area contributed by atoms with Crippen molar-refractivity contribution in [1.82, 2.24) is 15.5 Å². The van der Waals surface area contributed by atoms with E-state index < -0.39 is 0 Å². The quantitative estimate of drug-likeness (QED) is 0.615. The molecular formula is C12H11N3O. The fourth-order valence-electron chi connectivity index (χ4n) is 1.17. The monoisotopic (exact) mass is 213 g/mol. The molecule has 0 aliphatic heterocycles. The number of rotatable bonds is 3. The van der Waals surface area contributed by atoms with Gasteiger partial charge in [0, 0.05) is 5.56 Å². The van der Waals surface area contributed by atoms with Gasteiger partial charge in [0.2, 0.25) is 6.39 Å². The molecule has 16 heavy (non-hydrogen) atoms. The zero-order chi connectivity index (χ0) is 11.1. The third-order valence-corrected chi connectivity index (χ3v) is 1.91. The fraction of sp³-hybridized carbons (Fsp3) is 0.167. The van der Waals surface area contributed by atoms with Gasteiger partial charge in [0.15, 0.2) is 5.82 Å². The zero-order valence-electron chi connectivity index (χ0n) is 8.68. The highest BCUT2D eigenvalue weighted by Gasteiger charge is 1.94. The van der Waals surface area contributed by atoms with E-state index in [-0.39, 0.29) is 0 Å². The lowest BCUT2D eigenvalue weighted by molar-refractivity contribution is 0.408. The second-order valence-corrected chi connectivity index (χ2v) is 3.12. The van der Waals surface area contributed by atoms with Crippen LogP contribution >= 0.6 is 0 Å². The molecule has 0 aliphatic rings. The molecule has 1 aromatic carbocycles. The van der Waals surface area contributed by atoms with Crippen LogP contribution in [0.15, 0.2) is 41.2 Å². The molecule has 0 aliphatic carbocycles. The van der Waals surface area contributed by atoms with E-state index in [1.807, 2.05) is 30.3 Å². The smallest absolute Gasteiger partial charge is 0.213 e. The van der Waals surface area contributed by atoms with Gasteiger partial charge in [-0.15, -0.1) is 0 Å². The van der Waals surface area contributed by atoms with Crippen LogP contribution in [0.1, 0.15) is 11.4 Å². The minimum Gasteiger partial charge on any atom is -0.343 e. The minimum absolute atomic E-state index is 0.569. The molecule has 0 radical (unpaired) electrons. The average molecular weight is 213 g/mol. The molecule has 0 saturated heterocycles. The molecule has 0 atom stereocenters. The van der Waals surface area contributed by atoms with Gasteiger partial charge in [-0.05, 0) is 12.1 Å². The van der Waals surface area contributed by atoms with Gasteiger partial charge >= 0.3 is 0 Å². The predicted molar refractivity (Wildman–Crippen MR) is 59.3 cm³/mol. The molecular weight excluding hydrogens is 202 g/mol. The van der Waals surface area contributed by atoms with Crippen molar-refractivity contribution < 1.29 is 4.52 Å². The topological polar surface area (TPSA) is 51.0 Å². The molecule has 4 heteroatoms. The number of aromatic nitrogens is 2. The van der Waals surface area contributed by atoms with E-state index in [0.717, 1.165) is 5.56 Å². The van der Waals surface area contributed by atoms with Crippen molar-refractivity contribution in [2.45, 2.75) is 6.54 Å². The SMILES string of the molecule is C(#Cc1ccccc1)CNCc1ncon1. The van der Waals surface area contributed by atoms with Crippen LogP contribution in [-0.4, -0.2) is 16.7 Å². The highest BCUT2D eigenvalue weighted by Crippen LogP contribution is 1.94. The Labute approximate surface area is 93.7 Å². The van der Waals surface area contributed by atoms with Crippen LogP contribution < -0.4 is 5.32 Å². The normalized spacial score (nSPS) is 9.50. The fourth-order valence-corrected chi connectivity index (χ4v) is 1.17. The number of hydrogen-bond donors (Lipinski definition) is 1. The third kappa shape index (κ3) is 3.23. The lowest BCUT2D eigenvalue weighted by Gasteiger charge is -1.93. The molecule has 0 spiro atoms. The summed E-state index contributed by atoms with van der Waals surface area (Å²) in [5.41, 5.74) is 1.02. The maximum atomic E-state index is 4.60. The van der Waals surface area contributed by atoms with E-state index in [0.29, 0.717) is 18.9 Å². The molecule has 0 unspecified atom stereocenters. The van der Waals surface area contributed by atoms with E-state index >= 15 is 0 Å². The maximum Gasteiger partial charge on any atom is 0.213 e. The number of benzene rings is 1. The highest BCUT2D eigenvalue weighted by atomic mass is 16.5. The second-order valence-electron chi connectivity index (χ2n) is 3.12. The van der Waals surface area contributed by atoms with E-state index in [1.54, 1.807) is 0 Å². The Morgan fingerprint density at radius 3 is 2.88 bits per heavy atom. The van der Waals surface area contributed by atoms with Crippen LogP contribution in [0.4, 0.5) is 0 Å². The summed E-state index contributed by atoms with van der Waals surface area (Å²) in [4.78, 5) is 3.88. The van der Waals surface area contributed by atoms with Crippen molar-refractivity contribution >= 4 is 0 Å². The molecule has 2 aromatic rings. The van der Waals surface area contributed by atoms with Crippen molar-refractivity contribution in [1.29, 1.82) is 0 Å². The molecule has 4 nitrogen and oxygen atoms in total. The molecule has 0 bridgehead atoms. The minimum atomic E-state index is 0.569. The molecule has 1 heterocycles. The van der Waals surface area contributed by atoms with Gasteiger partial charge in [-0.2, -0.15) is 4.98 Å². The standard InChI is InChI=1S/C12H11N3O/c1-2-5-11(6-3-1)7-4-8-13-9-12-14-10-16-15-12/h1-3,5-6,10,13H,8-9H2. The molecule has 0 saturated carbocycles. The second kappa shape index (κ2) is 5.69. The van der Waals surface area contributed by atoms with Gasteiger partial charge in [-0.1, -0.05) is 35.2 Å². The summed E-state index contributed by atoms with van der Waals surface area (Å²) in [5, 5.41) is 6.77. The van der Waals surface area contributed by atoms with Gasteiger partial charge in [0.05, 0.1) is 13.1 Å². The van der Waals surface area contributed by atoms with Crippen LogP contribution in [0.2, 0.25) is 0 Å². The predicted octanol–water partition coefficient (Wildman–Crippen LogP) is 1.21. The van der Waals surface area contributed by atoms with Crippen LogP contribution in [0, 0.1) is 11.8 Å². The number of nitrogens with one attached hydrogen (secondary N) is 1. The summed E-state index contributed by atoms with van der Waals surface area (Å²) in [7, 11) is 0. The third-order valence-electron chi connectivity index (χ3n) is 1.91. The van der Waals surface area contributed by atoms with E-state index in [2.05, 4.69) is 31.8 Å². The molecule has 1 aromatic heterocycles. The number of hydrogen-bond acceptors (Lipinski definition) is 4. The Morgan fingerprint density at radius 2 is 2.12 bits per heavy atom. The van der Waals surface area contributed by atoms with Crippen molar-refractivity contribution in [3.63, 3.8) is 0 Å². The first kappa shape index (κ1) is 10.4. The van der Waals surface area contributed by atoms with E-state index in [4.69, 9.17) is 0 Å². The average Bonchev–Trinajstić information content (AvgIpc) is 2.83. The number of nitrogens with zero attached hydrogens (tertiary/aromatic N) is 2. The maximum absolute atomic E-state index is 4.60.